The number of phenolic OH excluding ortho intramolecular Hbond substituents is 2. The van der Waals surface area contributed by atoms with E-state index in [2.05, 4.69) is 6.58 Å². The quantitative estimate of drug-likeness (QED) is 0.415. The standard InChI is InChI=1S/C21H16O6/c1-3-12(11-4-6-15(22)16(10-11)25-2)18-13-5-7-17(23)27-21(13)19(24)20-14(18)8-9-26-20/h3-10,12,22,24H,1H2,2H3/t12-/m0/s1. The van der Waals surface area contributed by atoms with Gasteiger partial charge in [0.2, 0.25) is 5.75 Å². The molecule has 27 heavy (non-hydrogen) atoms. The zero-order chi connectivity index (χ0) is 19.1. The third kappa shape index (κ3) is 2.54. The molecule has 0 saturated heterocycles. The zero-order valence-corrected chi connectivity index (χ0v) is 14.4. The van der Waals surface area contributed by atoms with E-state index < -0.39 is 5.63 Å². The number of ether oxygens (including phenoxy) is 1. The number of methoxy groups -OCH3 is 1. The summed E-state index contributed by atoms with van der Waals surface area (Å²) >= 11 is 0. The fourth-order valence-corrected chi connectivity index (χ4v) is 3.40. The molecule has 136 valence electrons. The average molecular weight is 364 g/mol. The molecule has 0 fully saturated rings. The van der Waals surface area contributed by atoms with Gasteiger partial charge < -0.3 is 23.8 Å². The van der Waals surface area contributed by atoms with Crippen LogP contribution in [-0.2, 0) is 0 Å². The Balaban J connectivity index is 2.09. The van der Waals surface area contributed by atoms with Crippen LogP contribution in [0.3, 0.4) is 0 Å². The number of aromatic hydroxyl groups is 2. The molecule has 2 aromatic heterocycles. The molecule has 0 aliphatic rings. The largest absolute Gasteiger partial charge is 0.504 e. The molecule has 2 aromatic carbocycles. The highest BCUT2D eigenvalue weighted by Gasteiger charge is 2.24. The molecule has 2 heterocycles. The second-order valence-electron chi connectivity index (χ2n) is 6.07. The van der Waals surface area contributed by atoms with E-state index in [1.807, 2.05) is 0 Å². The summed E-state index contributed by atoms with van der Waals surface area (Å²) in [6, 6.07) is 9.66. The van der Waals surface area contributed by atoms with Crippen LogP contribution in [0.4, 0.5) is 0 Å². The Hall–Kier alpha value is -3.67. The number of allylic oxidation sites excluding steroid dienone is 1. The number of fused-ring (bicyclic) bond motifs is 2. The Morgan fingerprint density at radius 1 is 1.11 bits per heavy atom. The molecular weight excluding hydrogens is 348 g/mol. The highest BCUT2D eigenvalue weighted by molar-refractivity contribution is 6.04. The first-order chi connectivity index (χ1) is 13.0. The molecule has 0 aliphatic heterocycles. The summed E-state index contributed by atoms with van der Waals surface area (Å²) in [5.41, 5.74) is 1.27. The smallest absolute Gasteiger partial charge is 0.336 e. The third-order valence-electron chi connectivity index (χ3n) is 4.62. The highest BCUT2D eigenvalue weighted by atomic mass is 16.5. The minimum Gasteiger partial charge on any atom is -0.504 e. The van der Waals surface area contributed by atoms with Gasteiger partial charge in [-0.05, 0) is 35.4 Å². The molecule has 0 saturated carbocycles. The van der Waals surface area contributed by atoms with E-state index in [4.69, 9.17) is 13.6 Å². The van der Waals surface area contributed by atoms with Gasteiger partial charge >= 0.3 is 5.63 Å². The van der Waals surface area contributed by atoms with Gasteiger partial charge in [0.25, 0.3) is 0 Å². The molecule has 4 aromatic rings. The van der Waals surface area contributed by atoms with Crippen LogP contribution in [0.5, 0.6) is 17.2 Å². The Labute approximate surface area is 153 Å². The zero-order valence-electron chi connectivity index (χ0n) is 14.4. The van der Waals surface area contributed by atoms with E-state index in [0.29, 0.717) is 16.5 Å². The number of hydrogen-bond acceptors (Lipinski definition) is 6. The number of benzene rings is 2. The topological polar surface area (TPSA) is 93.0 Å². The predicted octanol–water partition coefficient (Wildman–Crippen LogP) is 4.28. The molecule has 2 N–H and O–H groups in total. The molecule has 1 atom stereocenters. The maximum atomic E-state index is 11.7. The minimum absolute atomic E-state index is 0.0269. The summed E-state index contributed by atoms with van der Waals surface area (Å²) in [4.78, 5) is 11.7. The van der Waals surface area contributed by atoms with Crippen LogP contribution in [0.15, 0.2) is 68.9 Å². The Kier molecular flexibility index (Phi) is 3.88. The summed E-state index contributed by atoms with van der Waals surface area (Å²) < 4.78 is 15.9. The summed E-state index contributed by atoms with van der Waals surface area (Å²) in [7, 11) is 1.47. The van der Waals surface area contributed by atoms with Crippen molar-refractivity contribution < 1.29 is 23.8 Å². The van der Waals surface area contributed by atoms with Crippen molar-refractivity contribution in [1.29, 1.82) is 0 Å². The van der Waals surface area contributed by atoms with Gasteiger partial charge in [-0.3, -0.25) is 0 Å². The van der Waals surface area contributed by atoms with Gasteiger partial charge in [-0.2, -0.15) is 0 Å². The van der Waals surface area contributed by atoms with Gasteiger partial charge in [-0.1, -0.05) is 12.1 Å². The second kappa shape index (κ2) is 6.25. The Bertz CT molecular complexity index is 1230. The number of rotatable bonds is 4. The SMILES string of the molecule is C=C[C@@H](c1ccc(O)c(OC)c1)c1c2ccoc2c(O)c2oc(=O)ccc12. The number of hydrogen-bond donors (Lipinski definition) is 2. The van der Waals surface area contributed by atoms with Crippen molar-refractivity contribution >= 4 is 21.9 Å². The van der Waals surface area contributed by atoms with Crippen LogP contribution in [0.25, 0.3) is 21.9 Å². The maximum absolute atomic E-state index is 11.7. The molecule has 0 radical (unpaired) electrons. The normalized spacial score (nSPS) is 12.3. The van der Waals surface area contributed by atoms with Crippen molar-refractivity contribution in [1.82, 2.24) is 0 Å². The highest BCUT2D eigenvalue weighted by Crippen LogP contribution is 2.43. The molecule has 0 amide bonds. The molecular formula is C21H16O6. The lowest BCUT2D eigenvalue weighted by atomic mass is 9.86. The van der Waals surface area contributed by atoms with Crippen LogP contribution in [-0.4, -0.2) is 17.3 Å². The first-order valence-corrected chi connectivity index (χ1v) is 8.20. The second-order valence-corrected chi connectivity index (χ2v) is 6.07. The van der Waals surface area contributed by atoms with Gasteiger partial charge in [0.15, 0.2) is 22.7 Å². The van der Waals surface area contributed by atoms with E-state index in [1.54, 1.807) is 36.4 Å². The molecule has 0 unspecified atom stereocenters. The van der Waals surface area contributed by atoms with Gasteiger partial charge in [0.1, 0.15) is 0 Å². The molecule has 0 spiro atoms. The molecule has 0 bridgehead atoms. The fourth-order valence-electron chi connectivity index (χ4n) is 3.40. The van der Waals surface area contributed by atoms with Crippen LogP contribution in [0.1, 0.15) is 17.0 Å². The van der Waals surface area contributed by atoms with Crippen LogP contribution in [0.2, 0.25) is 0 Å². The van der Waals surface area contributed by atoms with Crippen molar-refractivity contribution in [2.45, 2.75) is 5.92 Å². The van der Waals surface area contributed by atoms with Crippen LogP contribution < -0.4 is 10.4 Å². The van der Waals surface area contributed by atoms with Gasteiger partial charge in [0, 0.05) is 22.8 Å². The Morgan fingerprint density at radius 2 is 1.89 bits per heavy atom. The van der Waals surface area contributed by atoms with Crippen molar-refractivity contribution in [3.05, 3.63) is 76.9 Å². The average Bonchev–Trinajstić information content (AvgIpc) is 3.16. The van der Waals surface area contributed by atoms with E-state index in [-0.39, 0.29) is 28.6 Å². The van der Waals surface area contributed by atoms with Gasteiger partial charge in [-0.25, -0.2) is 4.79 Å². The summed E-state index contributed by atoms with van der Waals surface area (Å²) in [5, 5.41) is 21.6. The van der Waals surface area contributed by atoms with Crippen molar-refractivity contribution in [2.24, 2.45) is 0 Å². The minimum atomic E-state index is -0.573. The fraction of sp³-hybridized carbons (Fsp3) is 0.0952. The van der Waals surface area contributed by atoms with Crippen molar-refractivity contribution in [3.8, 4) is 17.2 Å². The lowest BCUT2D eigenvalue weighted by Gasteiger charge is -2.18. The molecule has 6 nitrogen and oxygen atoms in total. The number of phenols is 2. The summed E-state index contributed by atoms with van der Waals surface area (Å²) in [5.74, 6) is -0.204. The van der Waals surface area contributed by atoms with Gasteiger partial charge in [0.05, 0.1) is 13.4 Å². The Morgan fingerprint density at radius 3 is 2.63 bits per heavy atom. The predicted molar refractivity (Wildman–Crippen MR) is 101 cm³/mol. The molecule has 6 heteroatoms. The summed E-state index contributed by atoms with van der Waals surface area (Å²) in [6.45, 7) is 3.94. The summed E-state index contributed by atoms with van der Waals surface area (Å²) in [6.07, 6.45) is 3.19. The lowest BCUT2D eigenvalue weighted by molar-refractivity contribution is 0.373. The first-order valence-electron chi connectivity index (χ1n) is 8.20. The van der Waals surface area contributed by atoms with E-state index in [1.165, 1.54) is 19.4 Å². The molecule has 4 rings (SSSR count). The van der Waals surface area contributed by atoms with Gasteiger partial charge in [-0.15, -0.1) is 6.58 Å². The first kappa shape index (κ1) is 16.8. The molecule has 0 aliphatic carbocycles. The van der Waals surface area contributed by atoms with E-state index in [9.17, 15) is 15.0 Å². The maximum Gasteiger partial charge on any atom is 0.336 e. The van der Waals surface area contributed by atoms with Crippen molar-refractivity contribution in [2.75, 3.05) is 7.11 Å². The number of furan rings is 1. The van der Waals surface area contributed by atoms with E-state index in [0.717, 1.165) is 11.1 Å². The van der Waals surface area contributed by atoms with Crippen LogP contribution >= 0.6 is 0 Å². The van der Waals surface area contributed by atoms with Crippen LogP contribution in [0, 0.1) is 0 Å². The van der Waals surface area contributed by atoms with E-state index >= 15 is 0 Å². The monoisotopic (exact) mass is 364 g/mol. The third-order valence-corrected chi connectivity index (χ3v) is 4.62. The lowest BCUT2D eigenvalue weighted by Crippen LogP contribution is -2.03. The van der Waals surface area contributed by atoms with Crippen molar-refractivity contribution in [3.63, 3.8) is 0 Å².